The number of fused-ring (bicyclic) bond motifs is 1. The minimum absolute atomic E-state index is 0.0338. The van der Waals surface area contributed by atoms with E-state index in [2.05, 4.69) is 6.92 Å². The van der Waals surface area contributed by atoms with Crippen molar-refractivity contribution in [3.05, 3.63) is 0 Å². The smallest absolute Gasteiger partial charge is 0.0571 e. The van der Waals surface area contributed by atoms with Gasteiger partial charge in [-0.2, -0.15) is 0 Å². The summed E-state index contributed by atoms with van der Waals surface area (Å²) in [6.45, 7) is 2.33. The Kier molecular flexibility index (Phi) is 2.40. The third kappa shape index (κ3) is 1.52. The summed E-state index contributed by atoms with van der Waals surface area (Å²) in [5.41, 5.74) is 0. The van der Waals surface area contributed by atoms with Gasteiger partial charge in [-0.15, -0.1) is 0 Å². The van der Waals surface area contributed by atoms with Gasteiger partial charge < -0.3 is 5.11 Å². The summed E-state index contributed by atoms with van der Waals surface area (Å²) in [5.74, 6) is 2.38. The highest BCUT2D eigenvalue weighted by molar-refractivity contribution is 4.86. The van der Waals surface area contributed by atoms with Crippen LogP contribution in [0.25, 0.3) is 0 Å². The van der Waals surface area contributed by atoms with E-state index in [1.54, 1.807) is 0 Å². The van der Waals surface area contributed by atoms with E-state index in [0.717, 1.165) is 18.3 Å². The highest BCUT2D eigenvalue weighted by Gasteiger charge is 2.35. The quantitative estimate of drug-likeness (QED) is 0.589. The molecule has 0 aliphatic heterocycles. The molecule has 12 heavy (non-hydrogen) atoms. The van der Waals surface area contributed by atoms with Gasteiger partial charge in [0.25, 0.3) is 0 Å². The van der Waals surface area contributed by atoms with Gasteiger partial charge in [-0.05, 0) is 43.4 Å². The number of hydrogen-bond donors (Lipinski definition) is 1. The van der Waals surface area contributed by atoms with Crippen molar-refractivity contribution in [2.75, 3.05) is 0 Å². The van der Waals surface area contributed by atoms with E-state index >= 15 is 0 Å². The van der Waals surface area contributed by atoms with Crippen molar-refractivity contribution >= 4 is 0 Å². The van der Waals surface area contributed by atoms with Crippen LogP contribution in [0.4, 0.5) is 0 Å². The maximum atomic E-state index is 9.82. The van der Waals surface area contributed by atoms with Gasteiger partial charge in [0.15, 0.2) is 0 Å². The fourth-order valence-corrected chi connectivity index (χ4v) is 3.12. The molecule has 4 atom stereocenters. The Morgan fingerprint density at radius 1 is 1.08 bits per heavy atom. The SMILES string of the molecule is C[C@@H]1CC[C@@H]2CCC[C@H](O)[C@@H]2C1. The van der Waals surface area contributed by atoms with Crippen molar-refractivity contribution in [1.29, 1.82) is 0 Å². The lowest BCUT2D eigenvalue weighted by atomic mass is 9.67. The molecule has 0 bridgehead atoms. The first kappa shape index (κ1) is 8.55. The van der Waals surface area contributed by atoms with Crippen LogP contribution in [0.2, 0.25) is 0 Å². The van der Waals surface area contributed by atoms with Crippen LogP contribution >= 0.6 is 0 Å². The Morgan fingerprint density at radius 2 is 1.92 bits per heavy atom. The fourth-order valence-electron chi connectivity index (χ4n) is 3.12. The third-order valence-electron chi connectivity index (χ3n) is 3.88. The van der Waals surface area contributed by atoms with Crippen molar-refractivity contribution < 1.29 is 5.11 Å². The summed E-state index contributed by atoms with van der Waals surface area (Å²) in [6.07, 6.45) is 7.80. The van der Waals surface area contributed by atoms with Crippen molar-refractivity contribution in [2.24, 2.45) is 17.8 Å². The minimum Gasteiger partial charge on any atom is -0.393 e. The van der Waals surface area contributed by atoms with Gasteiger partial charge in [0.2, 0.25) is 0 Å². The molecule has 2 aliphatic carbocycles. The summed E-state index contributed by atoms with van der Waals surface area (Å²) in [4.78, 5) is 0. The molecular weight excluding hydrogens is 148 g/mol. The third-order valence-corrected chi connectivity index (χ3v) is 3.88. The molecule has 0 saturated heterocycles. The Balaban J connectivity index is 2.00. The maximum Gasteiger partial charge on any atom is 0.0571 e. The van der Waals surface area contributed by atoms with Gasteiger partial charge in [-0.3, -0.25) is 0 Å². The second kappa shape index (κ2) is 3.37. The summed E-state index contributed by atoms with van der Waals surface area (Å²) < 4.78 is 0. The van der Waals surface area contributed by atoms with Gasteiger partial charge in [0, 0.05) is 0 Å². The largest absolute Gasteiger partial charge is 0.393 e. The average molecular weight is 168 g/mol. The molecule has 2 fully saturated rings. The molecule has 0 aromatic rings. The summed E-state index contributed by atoms with van der Waals surface area (Å²) in [7, 11) is 0. The maximum absolute atomic E-state index is 9.82. The first-order valence-corrected chi connectivity index (χ1v) is 5.45. The predicted octanol–water partition coefficient (Wildman–Crippen LogP) is 2.58. The molecule has 2 aliphatic rings. The van der Waals surface area contributed by atoms with E-state index in [9.17, 15) is 5.11 Å². The highest BCUT2D eigenvalue weighted by Crippen LogP contribution is 2.42. The zero-order valence-electron chi connectivity index (χ0n) is 8.00. The highest BCUT2D eigenvalue weighted by atomic mass is 16.3. The Bertz CT molecular complexity index is 155. The molecule has 2 saturated carbocycles. The molecule has 1 nitrogen and oxygen atoms in total. The molecule has 0 unspecified atom stereocenters. The van der Waals surface area contributed by atoms with Crippen molar-refractivity contribution in [2.45, 2.75) is 51.6 Å². The van der Waals surface area contributed by atoms with Crippen LogP contribution in [-0.2, 0) is 0 Å². The van der Waals surface area contributed by atoms with Crippen LogP contribution in [0.1, 0.15) is 45.4 Å². The van der Waals surface area contributed by atoms with Crippen LogP contribution in [0, 0.1) is 17.8 Å². The van der Waals surface area contributed by atoms with Crippen molar-refractivity contribution in [3.63, 3.8) is 0 Å². The molecule has 0 aromatic carbocycles. The first-order chi connectivity index (χ1) is 5.77. The number of aliphatic hydroxyl groups is 1. The van der Waals surface area contributed by atoms with Crippen molar-refractivity contribution in [1.82, 2.24) is 0 Å². The zero-order valence-corrected chi connectivity index (χ0v) is 8.00. The first-order valence-electron chi connectivity index (χ1n) is 5.45. The van der Waals surface area contributed by atoms with Crippen LogP contribution < -0.4 is 0 Å². The van der Waals surface area contributed by atoms with Gasteiger partial charge in [0.1, 0.15) is 0 Å². The van der Waals surface area contributed by atoms with Crippen molar-refractivity contribution in [3.8, 4) is 0 Å². The molecule has 70 valence electrons. The molecular formula is C11H20O. The zero-order chi connectivity index (χ0) is 8.55. The van der Waals surface area contributed by atoms with Crippen LogP contribution in [-0.4, -0.2) is 11.2 Å². The normalized spacial score (nSPS) is 48.5. The number of hydrogen-bond acceptors (Lipinski definition) is 1. The minimum atomic E-state index is 0.0338. The monoisotopic (exact) mass is 168 g/mol. The molecule has 0 amide bonds. The number of rotatable bonds is 0. The predicted molar refractivity (Wildman–Crippen MR) is 49.9 cm³/mol. The summed E-state index contributed by atoms with van der Waals surface area (Å²) >= 11 is 0. The molecule has 0 aromatic heterocycles. The molecule has 1 heteroatoms. The van der Waals surface area contributed by atoms with Gasteiger partial charge in [0.05, 0.1) is 6.10 Å². The molecule has 0 spiro atoms. The van der Waals surface area contributed by atoms with Crippen LogP contribution in [0.15, 0.2) is 0 Å². The van der Waals surface area contributed by atoms with E-state index in [1.807, 2.05) is 0 Å². The lowest BCUT2D eigenvalue weighted by Crippen LogP contribution is -2.36. The van der Waals surface area contributed by atoms with E-state index in [0.29, 0.717) is 5.92 Å². The average Bonchev–Trinajstić information content (AvgIpc) is 2.07. The molecule has 1 N–H and O–H groups in total. The van der Waals surface area contributed by atoms with Gasteiger partial charge in [-0.25, -0.2) is 0 Å². The summed E-state index contributed by atoms with van der Waals surface area (Å²) in [6, 6.07) is 0. The molecule has 2 rings (SSSR count). The van der Waals surface area contributed by atoms with E-state index in [1.165, 1.54) is 32.1 Å². The second-order valence-corrected chi connectivity index (χ2v) is 4.84. The van der Waals surface area contributed by atoms with Gasteiger partial charge >= 0.3 is 0 Å². The molecule has 0 radical (unpaired) electrons. The van der Waals surface area contributed by atoms with Crippen LogP contribution in [0.5, 0.6) is 0 Å². The topological polar surface area (TPSA) is 20.2 Å². The Hall–Kier alpha value is -0.0400. The Labute approximate surface area is 75.2 Å². The molecule has 0 heterocycles. The fraction of sp³-hybridized carbons (Fsp3) is 1.00. The lowest BCUT2D eigenvalue weighted by Gasteiger charge is -2.41. The van der Waals surface area contributed by atoms with Gasteiger partial charge in [-0.1, -0.05) is 19.8 Å². The van der Waals surface area contributed by atoms with E-state index in [4.69, 9.17) is 0 Å². The Morgan fingerprint density at radius 3 is 2.75 bits per heavy atom. The standard InChI is InChI=1S/C11H20O/c1-8-5-6-9-3-2-4-11(12)10(9)7-8/h8-12H,2-7H2,1H3/t8-,9+,10-,11+/m1/s1. The summed E-state index contributed by atoms with van der Waals surface area (Å²) in [5, 5.41) is 9.82. The lowest BCUT2D eigenvalue weighted by molar-refractivity contribution is -0.00215. The second-order valence-electron chi connectivity index (χ2n) is 4.84. The number of aliphatic hydroxyl groups excluding tert-OH is 1. The van der Waals surface area contributed by atoms with Crippen LogP contribution in [0.3, 0.4) is 0 Å². The van der Waals surface area contributed by atoms with E-state index in [-0.39, 0.29) is 6.10 Å². The van der Waals surface area contributed by atoms with E-state index < -0.39 is 0 Å².